The summed E-state index contributed by atoms with van der Waals surface area (Å²) < 4.78 is 16.3. The van der Waals surface area contributed by atoms with Crippen molar-refractivity contribution in [2.24, 2.45) is 4.99 Å². The number of anilines is 1. The number of para-hydroxylation sites is 2. The van der Waals surface area contributed by atoms with Crippen LogP contribution in [0.2, 0.25) is 0 Å². The normalized spacial score (nSPS) is 16.9. The second-order valence-corrected chi connectivity index (χ2v) is 9.13. The van der Waals surface area contributed by atoms with Crippen LogP contribution in [0.15, 0.2) is 75.8 Å². The number of hydrogen-bond acceptors (Lipinski definition) is 8. The van der Waals surface area contributed by atoms with Gasteiger partial charge >= 0.3 is 5.97 Å². The Morgan fingerprint density at radius 2 is 1.84 bits per heavy atom. The molecule has 1 atom stereocenters. The maximum absolute atomic E-state index is 13.5. The first-order valence-corrected chi connectivity index (χ1v) is 12.4. The highest BCUT2D eigenvalue weighted by Gasteiger charge is 2.42. The van der Waals surface area contributed by atoms with Gasteiger partial charge in [-0.25, -0.2) is 9.79 Å². The van der Waals surface area contributed by atoms with Crippen LogP contribution in [0.4, 0.5) is 5.69 Å². The highest BCUT2D eigenvalue weighted by Crippen LogP contribution is 2.39. The molecule has 2 amide bonds. The Morgan fingerprint density at radius 1 is 1.08 bits per heavy atom. The molecule has 0 fully saturated rings. The average molecular weight is 522 g/mol. The van der Waals surface area contributed by atoms with Crippen LogP contribution >= 0.6 is 11.8 Å². The lowest BCUT2D eigenvalue weighted by Gasteiger charge is -2.38. The molecular weight excluding hydrogens is 494 g/mol. The van der Waals surface area contributed by atoms with Crippen molar-refractivity contribution >= 4 is 40.4 Å². The van der Waals surface area contributed by atoms with E-state index in [9.17, 15) is 14.4 Å². The van der Waals surface area contributed by atoms with Crippen LogP contribution in [0.3, 0.4) is 0 Å². The predicted molar refractivity (Wildman–Crippen MR) is 141 cm³/mol. The van der Waals surface area contributed by atoms with Gasteiger partial charge in [0.15, 0.2) is 16.7 Å². The first-order chi connectivity index (χ1) is 17.9. The number of thioether (sulfide) groups is 1. The van der Waals surface area contributed by atoms with Crippen molar-refractivity contribution in [1.82, 2.24) is 4.90 Å². The quantitative estimate of drug-likeness (QED) is 0.525. The molecule has 4 rings (SSSR count). The number of carbonyl (C=O) groups is 3. The lowest BCUT2D eigenvalue weighted by molar-refractivity contribution is -0.139. The van der Waals surface area contributed by atoms with Gasteiger partial charge < -0.3 is 19.5 Å². The van der Waals surface area contributed by atoms with Crippen LogP contribution in [0.25, 0.3) is 0 Å². The third-order valence-electron chi connectivity index (χ3n) is 5.85. The number of nitrogens with one attached hydrogen (secondary N) is 1. The van der Waals surface area contributed by atoms with Gasteiger partial charge in [0.05, 0.1) is 43.0 Å². The maximum atomic E-state index is 13.5. The second kappa shape index (κ2) is 11.3. The molecule has 192 valence electrons. The number of hydrogen-bond donors (Lipinski definition) is 1. The van der Waals surface area contributed by atoms with Crippen molar-refractivity contribution in [3.05, 3.63) is 76.3 Å². The molecule has 10 heteroatoms. The van der Waals surface area contributed by atoms with Gasteiger partial charge in [-0.15, -0.1) is 0 Å². The summed E-state index contributed by atoms with van der Waals surface area (Å²) in [5, 5.41) is 3.10. The Bertz CT molecular complexity index is 1320. The van der Waals surface area contributed by atoms with E-state index in [4.69, 9.17) is 14.2 Å². The Hall–Kier alpha value is -4.05. The molecule has 2 aromatic rings. The summed E-state index contributed by atoms with van der Waals surface area (Å²) in [6, 6.07) is 13.7. The zero-order valence-electron chi connectivity index (χ0n) is 20.9. The Morgan fingerprint density at radius 3 is 2.51 bits per heavy atom. The summed E-state index contributed by atoms with van der Waals surface area (Å²) in [5.74, 6) is -0.399. The maximum Gasteiger partial charge on any atom is 0.337 e. The molecule has 1 N–H and O–H groups in total. The van der Waals surface area contributed by atoms with E-state index in [1.54, 1.807) is 51.3 Å². The van der Waals surface area contributed by atoms with Crippen LogP contribution in [0.5, 0.6) is 11.5 Å². The predicted octanol–water partition coefficient (Wildman–Crippen LogP) is 3.92. The fourth-order valence-corrected chi connectivity index (χ4v) is 5.22. The van der Waals surface area contributed by atoms with Crippen molar-refractivity contribution in [3.63, 3.8) is 0 Å². The van der Waals surface area contributed by atoms with Gasteiger partial charge in [0.25, 0.3) is 11.8 Å². The molecule has 2 heterocycles. The van der Waals surface area contributed by atoms with E-state index in [1.807, 2.05) is 18.2 Å². The average Bonchev–Trinajstić information content (AvgIpc) is 2.88. The van der Waals surface area contributed by atoms with Crippen LogP contribution in [-0.2, 0) is 25.5 Å². The van der Waals surface area contributed by atoms with E-state index in [0.29, 0.717) is 28.1 Å². The number of esters is 1. The number of aliphatic imine (C=N–C) groups is 1. The molecule has 37 heavy (non-hydrogen) atoms. The van der Waals surface area contributed by atoms with Crippen LogP contribution in [0.1, 0.15) is 19.4 Å². The number of amidine groups is 1. The van der Waals surface area contributed by atoms with Gasteiger partial charge in [-0.3, -0.25) is 14.5 Å². The molecule has 0 saturated carbocycles. The SMILES string of the molecule is CCOC(=O)C1=C(C)N=C2SC(C(=O)Nc3ccccc3)=CC(=O)N2C1Cc1cccc(OC)c1OC. The summed E-state index contributed by atoms with van der Waals surface area (Å²) in [4.78, 5) is 45.5. The zero-order chi connectivity index (χ0) is 26.5. The van der Waals surface area contributed by atoms with E-state index in [1.165, 1.54) is 18.1 Å². The van der Waals surface area contributed by atoms with Gasteiger partial charge in [0.2, 0.25) is 0 Å². The van der Waals surface area contributed by atoms with Gasteiger partial charge in [-0.05, 0) is 43.8 Å². The largest absolute Gasteiger partial charge is 0.493 e. The minimum absolute atomic E-state index is 0.174. The van der Waals surface area contributed by atoms with E-state index in [-0.39, 0.29) is 23.5 Å². The lowest BCUT2D eigenvalue weighted by atomic mass is 9.94. The lowest BCUT2D eigenvalue weighted by Crippen LogP contribution is -2.50. The number of fused-ring (bicyclic) bond motifs is 1. The fraction of sp³-hybridized carbons (Fsp3) is 0.259. The number of rotatable bonds is 8. The molecule has 0 radical (unpaired) electrons. The number of methoxy groups -OCH3 is 2. The molecule has 0 aromatic heterocycles. The summed E-state index contributed by atoms with van der Waals surface area (Å²) in [7, 11) is 3.07. The number of allylic oxidation sites excluding steroid dienone is 1. The second-order valence-electron chi connectivity index (χ2n) is 8.13. The van der Waals surface area contributed by atoms with Crippen molar-refractivity contribution in [3.8, 4) is 11.5 Å². The number of amides is 2. The summed E-state index contributed by atoms with van der Waals surface area (Å²) in [5.41, 5.74) is 2.03. The molecule has 0 bridgehead atoms. The van der Waals surface area contributed by atoms with Gasteiger partial charge in [0.1, 0.15) is 0 Å². The van der Waals surface area contributed by atoms with E-state index < -0.39 is 23.8 Å². The molecule has 2 aromatic carbocycles. The van der Waals surface area contributed by atoms with Gasteiger partial charge in [0, 0.05) is 23.7 Å². The summed E-state index contributed by atoms with van der Waals surface area (Å²) in [6.45, 7) is 3.58. The van der Waals surface area contributed by atoms with Crippen molar-refractivity contribution in [1.29, 1.82) is 0 Å². The minimum Gasteiger partial charge on any atom is -0.493 e. The molecular formula is C27H27N3O6S. The molecule has 0 aliphatic carbocycles. The van der Waals surface area contributed by atoms with Crippen LogP contribution in [-0.4, -0.2) is 54.7 Å². The molecule has 0 saturated heterocycles. The molecule has 2 aliphatic heterocycles. The van der Waals surface area contributed by atoms with Crippen LogP contribution < -0.4 is 14.8 Å². The highest BCUT2D eigenvalue weighted by atomic mass is 32.2. The Balaban J connectivity index is 1.72. The third kappa shape index (κ3) is 5.39. The van der Waals surface area contributed by atoms with E-state index >= 15 is 0 Å². The highest BCUT2D eigenvalue weighted by molar-refractivity contribution is 8.18. The Kier molecular flexibility index (Phi) is 7.98. The number of ether oxygens (including phenoxy) is 3. The number of nitrogens with zero attached hydrogens (tertiary/aromatic N) is 2. The van der Waals surface area contributed by atoms with Crippen molar-refractivity contribution in [2.75, 3.05) is 26.1 Å². The van der Waals surface area contributed by atoms with Gasteiger partial charge in [-0.1, -0.05) is 30.3 Å². The topological polar surface area (TPSA) is 107 Å². The van der Waals surface area contributed by atoms with Crippen molar-refractivity contribution < 1.29 is 28.6 Å². The standard InChI is InChI=1S/C27H27N3O6S/c1-5-36-26(33)23-16(2)28-27-30(19(23)14-17-10-9-13-20(34-3)24(17)35-4)22(31)15-21(37-27)25(32)29-18-11-7-6-8-12-18/h6-13,15,19H,5,14H2,1-4H3,(H,29,32). The van der Waals surface area contributed by atoms with Gasteiger partial charge in [-0.2, -0.15) is 0 Å². The van der Waals surface area contributed by atoms with Crippen LogP contribution in [0, 0.1) is 0 Å². The smallest absolute Gasteiger partial charge is 0.337 e. The number of benzene rings is 2. The molecule has 1 unspecified atom stereocenters. The molecule has 0 spiro atoms. The van der Waals surface area contributed by atoms with Crippen molar-refractivity contribution in [2.45, 2.75) is 26.3 Å². The fourth-order valence-electron chi connectivity index (χ4n) is 4.23. The summed E-state index contributed by atoms with van der Waals surface area (Å²) in [6.07, 6.45) is 1.50. The third-order valence-corrected chi connectivity index (χ3v) is 6.84. The first-order valence-electron chi connectivity index (χ1n) is 11.6. The first kappa shape index (κ1) is 26.0. The summed E-state index contributed by atoms with van der Waals surface area (Å²) >= 11 is 1.07. The number of carbonyl (C=O) groups excluding carboxylic acids is 3. The van der Waals surface area contributed by atoms with E-state index in [2.05, 4.69) is 10.3 Å². The molecule has 9 nitrogen and oxygen atoms in total. The molecule has 2 aliphatic rings. The minimum atomic E-state index is -0.734. The Labute approximate surface area is 219 Å². The van der Waals surface area contributed by atoms with E-state index in [0.717, 1.165) is 17.3 Å². The monoisotopic (exact) mass is 521 g/mol. The zero-order valence-corrected chi connectivity index (χ0v) is 21.8.